The lowest BCUT2D eigenvalue weighted by Crippen LogP contribution is -2.47. The Hall–Kier alpha value is -0.770. The van der Waals surface area contributed by atoms with Gasteiger partial charge in [-0.05, 0) is 38.1 Å². The largest absolute Gasteiger partial charge is 0.336 e. The van der Waals surface area contributed by atoms with E-state index in [9.17, 15) is 4.79 Å². The molecule has 0 bridgehead atoms. The van der Waals surface area contributed by atoms with Crippen LogP contribution in [0.4, 0.5) is 4.79 Å². The lowest BCUT2D eigenvalue weighted by atomic mass is 10.00. The van der Waals surface area contributed by atoms with E-state index in [2.05, 4.69) is 17.6 Å². The molecule has 2 heterocycles. The molecule has 2 saturated heterocycles. The highest BCUT2D eigenvalue weighted by atomic mass is 16.2. The maximum atomic E-state index is 11.8. The van der Waals surface area contributed by atoms with Crippen LogP contribution < -0.4 is 10.6 Å². The molecule has 0 aliphatic carbocycles. The highest BCUT2D eigenvalue weighted by Gasteiger charge is 2.21. The topological polar surface area (TPSA) is 44.4 Å². The molecule has 2 rings (SSSR count). The number of nitrogens with one attached hydrogen (secondary N) is 2. The summed E-state index contributed by atoms with van der Waals surface area (Å²) in [7, 11) is 0. The predicted octanol–water partition coefficient (Wildman–Crippen LogP) is 1.18. The summed E-state index contributed by atoms with van der Waals surface area (Å²) in [6.45, 7) is 5.99. The molecule has 2 amide bonds. The van der Waals surface area contributed by atoms with Gasteiger partial charge in [-0.3, -0.25) is 0 Å². The van der Waals surface area contributed by atoms with Crippen LogP contribution in [0.5, 0.6) is 0 Å². The summed E-state index contributed by atoms with van der Waals surface area (Å²) >= 11 is 0. The first kappa shape index (κ1) is 11.7. The van der Waals surface area contributed by atoms with Crippen molar-refractivity contribution >= 4 is 6.03 Å². The molecule has 2 N–H and O–H groups in total. The van der Waals surface area contributed by atoms with Gasteiger partial charge in [0.2, 0.25) is 0 Å². The van der Waals surface area contributed by atoms with E-state index >= 15 is 0 Å². The number of nitrogens with zero attached hydrogens (tertiary/aromatic N) is 1. The maximum absolute atomic E-state index is 11.8. The average Bonchev–Trinajstić information content (AvgIpc) is 2.80. The monoisotopic (exact) mass is 225 g/mol. The van der Waals surface area contributed by atoms with Gasteiger partial charge in [0.1, 0.15) is 0 Å². The van der Waals surface area contributed by atoms with E-state index in [1.807, 2.05) is 4.90 Å². The van der Waals surface area contributed by atoms with Crippen molar-refractivity contribution in [2.75, 3.05) is 26.2 Å². The van der Waals surface area contributed by atoms with Gasteiger partial charge in [0.15, 0.2) is 0 Å². The summed E-state index contributed by atoms with van der Waals surface area (Å²) in [4.78, 5) is 13.8. The van der Waals surface area contributed by atoms with Crippen LogP contribution in [0.1, 0.15) is 32.6 Å². The summed E-state index contributed by atoms with van der Waals surface area (Å²) in [5.74, 6) is 0.778. The SMILES string of the molecule is CC1CCN(C(=O)NCC2CCCN2)CC1. The van der Waals surface area contributed by atoms with Gasteiger partial charge in [-0.2, -0.15) is 0 Å². The van der Waals surface area contributed by atoms with Gasteiger partial charge in [0.05, 0.1) is 0 Å². The number of hydrogen-bond donors (Lipinski definition) is 2. The van der Waals surface area contributed by atoms with Crippen molar-refractivity contribution < 1.29 is 4.79 Å². The van der Waals surface area contributed by atoms with Crippen LogP contribution in [0.2, 0.25) is 0 Å². The molecule has 1 unspecified atom stereocenters. The Balaban J connectivity index is 1.67. The first-order chi connectivity index (χ1) is 7.75. The van der Waals surface area contributed by atoms with Gasteiger partial charge >= 0.3 is 6.03 Å². The van der Waals surface area contributed by atoms with Gasteiger partial charge in [0.25, 0.3) is 0 Å². The zero-order chi connectivity index (χ0) is 11.4. The van der Waals surface area contributed by atoms with Crippen molar-refractivity contribution in [1.29, 1.82) is 0 Å². The number of rotatable bonds is 2. The number of urea groups is 1. The van der Waals surface area contributed by atoms with Crippen molar-refractivity contribution in [2.45, 2.75) is 38.6 Å². The molecule has 4 nitrogen and oxygen atoms in total. The van der Waals surface area contributed by atoms with E-state index in [1.54, 1.807) is 0 Å². The third kappa shape index (κ3) is 3.11. The molecule has 0 aromatic heterocycles. The van der Waals surface area contributed by atoms with Crippen LogP contribution in [-0.2, 0) is 0 Å². The van der Waals surface area contributed by atoms with Crippen LogP contribution in [0.15, 0.2) is 0 Å². The molecule has 0 aromatic carbocycles. The van der Waals surface area contributed by atoms with Gasteiger partial charge in [-0.25, -0.2) is 4.79 Å². The molecule has 2 aliphatic heterocycles. The molecule has 0 radical (unpaired) electrons. The van der Waals surface area contributed by atoms with Crippen LogP contribution in [0, 0.1) is 5.92 Å². The molecule has 2 aliphatic rings. The molecule has 16 heavy (non-hydrogen) atoms. The normalized spacial score (nSPS) is 27.1. The number of piperidine rings is 1. The van der Waals surface area contributed by atoms with Crippen LogP contribution in [-0.4, -0.2) is 43.2 Å². The molecule has 4 heteroatoms. The van der Waals surface area contributed by atoms with Gasteiger partial charge in [-0.1, -0.05) is 6.92 Å². The Kier molecular flexibility index (Phi) is 4.04. The van der Waals surface area contributed by atoms with Crippen LogP contribution in [0.25, 0.3) is 0 Å². The van der Waals surface area contributed by atoms with E-state index < -0.39 is 0 Å². The Labute approximate surface area is 97.8 Å². The Morgan fingerprint density at radius 1 is 1.38 bits per heavy atom. The zero-order valence-electron chi connectivity index (χ0n) is 10.2. The predicted molar refractivity (Wildman–Crippen MR) is 64.4 cm³/mol. The summed E-state index contributed by atoms with van der Waals surface area (Å²) in [6, 6.07) is 0.619. The van der Waals surface area contributed by atoms with E-state index in [1.165, 1.54) is 12.8 Å². The van der Waals surface area contributed by atoms with Crippen LogP contribution >= 0.6 is 0 Å². The van der Waals surface area contributed by atoms with Crippen molar-refractivity contribution in [2.24, 2.45) is 5.92 Å². The second-order valence-electron chi connectivity index (χ2n) is 5.15. The number of carbonyl (C=O) groups excluding carboxylic acids is 1. The highest BCUT2D eigenvalue weighted by molar-refractivity contribution is 5.74. The average molecular weight is 225 g/mol. The fraction of sp³-hybridized carbons (Fsp3) is 0.917. The number of likely N-dealkylation sites (tertiary alicyclic amines) is 1. The minimum atomic E-state index is 0.126. The Morgan fingerprint density at radius 2 is 2.12 bits per heavy atom. The van der Waals surface area contributed by atoms with Crippen molar-refractivity contribution in [3.05, 3.63) is 0 Å². The van der Waals surface area contributed by atoms with E-state index in [4.69, 9.17) is 0 Å². The molecule has 92 valence electrons. The summed E-state index contributed by atoms with van der Waals surface area (Å²) in [6.07, 6.45) is 4.73. The molecular formula is C12H23N3O. The third-order valence-corrected chi connectivity index (χ3v) is 3.73. The van der Waals surface area contributed by atoms with Crippen LogP contribution in [0.3, 0.4) is 0 Å². The summed E-state index contributed by atoms with van der Waals surface area (Å²) in [5.41, 5.74) is 0. The summed E-state index contributed by atoms with van der Waals surface area (Å²) < 4.78 is 0. The van der Waals surface area contributed by atoms with Gasteiger partial charge in [-0.15, -0.1) is 0 Å². The van der Waals surface area contributed by atoms with E-state index in [0.717, 1.165) is 44.9 Å². The Morgan fingerprint density at radius 3 is 2.75 bits per heavy atom. The lowest BCUT2D eigenvalue weighted by molar-refractivity contribution is 0.173. The fourth-order valence-electron chi connectivity index (χ4n) is 2.46. The quantitative estimate of drug-likeness (QED) is 0.741. The second-order valence-corrected chi connectivity index (χ2v) is 5.15. The third-order valence-electron chi connectivity index (χ3n) is 3.73. The maximum Gasteiger partial charge on any atom is 0.317 e. The first-order valence-corrected chi connectivity index (χ1v) is 6.52. The number of hydrogen-bond acceptors (Lipinski definition) is 2. The molecule has 1 atom stereocenters. The number of amides is 2. The molecule has 2 fully saturated rings. The highest BCUT2D eigenvalue weighted by Crippen LogP contribution is 2.15. The lowest BCUT2D eigenvalue weighted by Gasteiger charge is -2.30. The minimum Gasteiger partial charge on any atom is -0.336 e. The Bertz CT molecular complexity index is 230. The first-order valence-electron chi connectivity index (χ1n) is 6.52. The molecule has 0 aromatic rings. The van der Waals surface area contributed by atoms with Gasteiger partial charge in [0, 0.05) is 25.7 Å². The van der Waals surface area contributed by atoms with Crippen molar-refractivity contribution in [3.8, 4) is 0 Å². The smallest absolute Gasteiger partial charge is 0.317 e. The fourth-order valence-corrected chi connectivity index (χ4v) is 2.46. The number of carbonyl (C=O) groups is 1. The summed E-state index contributed by atoms with van der Waals surface area (Å²) in [5, 5.41) is 6.42. The van der Waals surface area contributed by atoms with Crippen molar-refractivity contribution in [1.82, 2.24) is 15.5 Å². The molecule has 0 saturated carbocycles. The van der Waals surface area contributed by atoms with E-state index in [0.29, 0.717) is 6.04 Å². The standard InChI is InChI=1S/C12H23N3O/c1-10-4-7-15(8-5-10)12(16)14-9-11-3-2-6-13-11/h10-11,13H,2-9H2,1H3,(H,14,16). The zero-order valence-corrected chi connectivity index (χ0v) is 10.2. The van der Waals surface area contributed by atoms with E-state index in [-0.39, 0.29) is 6.03 Å². The second kappa shape index (κ2) is 5.53. The van der Waals surface area contributed by atoms with Crippen molar-refractivity contribution in [3.63, 3.8) is 0 Å². The minimum absolute atomic E-state index is 0.126. The molecular weight excluding hydrogens is 202 g/mol. The molecule has 0 spiro atoms. The van der Waals surface area contributed by atoms with Gasteiger partial charge < -0.3 is 15.5 Å².